The Morgan fingerprint density at radius 1 is 0.842 bits per heavy atom. The van der Waals surface area contributed by atoms with E-state index in [4.69, 9.17) is 0 Å². The van der Waals surface area contributed by atoms with Crippen molar-refractivity contribution in [2.75, 3.05) is 32.7 Å². The van der Waals surface area contributed by atoms with E-state index in [9.17, 15) is 13.2 Å². The van der Waals surface area contributed by atoms with Crippen molar-refractivity contribution in [3.05, 3.63) is 0 Å². The lowest BCUT2D eigenvalue weighted by atomic mass is 9.94. The van der Waals surface area contributed by atoms with E-state index in [1.807, 2.05) is 0 Å². The molecule has 2 aliphatic heterocycles. The van der Waals surface area contributed by atoms with Gasteiger partial charge in [0, 0.05) is 32.2 Å². The van der Waals surface area contributed by atoms with Crippen molar-refractivity contribution in [2.24, 2.45) is 11.8 Å². The number of hydrogen-bond donors (Lipinski definition) is 0. The van der Waals surface area contributed by atoms with Crippen LogP contribution in [0.2, 0.25) is 0 Å². The Morgan fingerprint density at radius 2 is 1.42 bits per heavy atom. The van der Waals surface area contributed by atoms with Crippen LogP contribution in [0.25, 0.3) is 0 Å². The normalized spacial score (nSPS) is 34.9. The highest BCUT2D eigenvalue weighted by Crippen LogP contribution is 2.36. The van der Waals surface area contributed by atoms with Gasteiger partial charge in [0.15, 0.2) is 0 Å². The maximum Gasteiger partial charge on any atom is 0.401 e. The summed E-state index contributed by atoms with van der Waals surface area (Å²) in [6.45, 7) is 2.64. The highest BCUT2D eigenvalue weighted by molar-refractivity contribution is 4.95. The Bertz CT molecular complexity index is 298. The van der Waals surface area contributed by atoms with Crippen molar-refractivity contribution in [3.8, 4) is 0 Å². The Hall–Kier alpha value is -0.290. The standard InChI is InChI=1S/C14H23F3N2/c15-14(16,17)10-18-6-11-8-19(9-12(11)7-18)13-4-2-1-3-5-13/h11-13H,1-10H2. The van der Waals surface area contributed by atoms with Gasteiger partial charge in [0.2, 0.25) is 0 Å². The molecule has 2 atom stereocenters. The second-order valence-corrected chi connectivity index (χ2v) is 6.58. The fourth-order valence-corrected chi connectivity index (χ4v) is 4.25. The summed E-state index contributed by atoms with van der Waals surface area (Å²) < 4.78 is 37.2. The van der Waals surface area contributed by atoms with E-state index in [2.05, 4.69) is 4.90 Å². The molecule has 2 unspecified atom stereocenters. The minimum atomic E-state index is -4.04. The third-order valence-corrected chi connectivity index (χ3v) is 5.08. The number of likely N-dealkylation sites (tertiary alicyclic amines) is 2. The molecule has 2 heterocycles. The smallest absolute Gasteiger partial charge is 0.300 e. The minimum Gasteiger partial charge on any atom is -0.300 e. The molecule has 1 aliphatic carbocycles. The first-order valence-electron chi connectivity index (χ1n) is 7.54. The van der Waals surface area contributed by atoms with Crippen LogP contribution in [0.5, 0.6) is 0 Å². The highest BCUT2D eigenvalue weighted by atomic mass is 19.4. The maximum absolute atomic E-state index is 12.4. The van der Waals surface area contributed by atoms with Gasteiger partial charge in [0.25, 0.3) is 0 Å². The summed E-state index contributed by atoms with van der Waals surface area (Å²) in [7, 11) is 0. The second kappa shape index (κ2) is 5.24. The van der Waals surface area contributed by atoms with E-state index >= 15 is 0 Å². The predicted octanol–water partition coefficient (Wildman–Crippen LogP) is 2.75. The molecule has 3 fully saturated rings. The monoisotopic (exact) mass is 276 g/mol. The summed E-state index contributed by atoms with van der Waals surface area (Å²) in [5.41, 5.74) is 0. The molecule has 0 N–H and O–H groups in total. The molecule has 2 nitrogen and oxygen atoms in total. The molecular weight excluding hydrogens is 253 g/mol. The van der Waals surface area contributed by atoms with Crippen LogP contribution in [-0.4, -0.2) is 54.7 Å². The zero-order chi connectivity index (χ0) is 13.5. The third-order valence-electron chi connectivity index (χ3n) is 5.08. The van der Waals surface area contributed by atoms with Crippen LogP contribution >= 0.6 is 0 Å². The minimum absolute atomic E-state index is 0.476. The topological polar surface area (TPSA) is 6.48 Å². The quantitative estimate of drug-likeness (QED) is 0.765. The molecule has 0 aromatic heterocycles. The van der Waals surface area contributed by atoms with E-state index in [1.165, 1.54) is 32.1 Å². The average Bonchev–Trinajstić information content (AvgIpc) is 2.85. The van der Waals surface area contributed by atoms with Gasteiger partial charge in [-0.3, -0.25) is 9.80 Å². The summed E-state index contributed by atoms with van der Waals surface area (Å²) in [6, 6.07) is 0.718. The van der Waals surface area contributed by atoms with Gasteiger partial charge in [-0.1, -0.05) is 19.3 Å². The van der Waals surface area contributed by atoms with Crippen LogP contribution in [0, 0.1) is 11.8 Å². The first-order chi connectivity index (χ1) is 9.01. The van der Waals surface area contributed by atoms with E-state index in [0.29, 0.717) is 24.9 Å². The van der Waals surface area contributed by atoms with Crippen molar-refractivity contribution >= 4 is 0 Å². The average molecular weight is 276 g/mol. The highest BCUT2D eigenvalue weighted by Gasteiger charge is 2.44. The largest absolute Gasteiger partial charge is 0.401 e. The van der Waals surface area contributed by atoms with Crippen LogP contribution in [0.4, 0.5) is 13.2 Å². The predicted molar refractivity (Wildman–Crippen MR) is 67.9 cm³/mol. The summed E-state index contributed by atoms with van der Waals surface area (Å²) in [5, 5.41) is 0. The number of alkyl halides is 3. The molecule has 5 heteroatoms. The van der Waals surface area contributed by atoms with Crippen LogP contribution in [0.3, 0.4) is 0 Å². The molecule has 110 valence electrons. The number of halogens is 3. The Balaban J connectivity index is 1.50. The summed E-state index contributed by atoms with van der Waals surface area (Å²) in [5.74, 6) is 0.952. The molecule has 0 amide bonds. The molecule has 0 aromatic carbocycles. The molecular formula is C14H23F3N2. The van der Waals surface area contributed by atoms with E-state index in [1.54, 1.807) is 4.90 Å². The first kappa shape index (κ1) is 13.7. The molecule has 3 aliphatic rings. The zero-order valence-corrected chi connectivity index (χ0v) is 11.3. The molecule has 2 saturated heterocycles. The van der Waals surface area contributed by atoms with Crippen molar-refractivity contribution < 1.29 is 13.2 Å². The zero-order valence-electron chi connectivity index (χ0n) is 11.3. The van der Waals surface area contributed by atoms with Gasteiger partial charge in [0.05, 0.1) is 6.54 Å². The number of fused-ring (bicyclic) bond motifs is 1. The molecule has 0 radical (unpaired) electrons. The second-order valence-electron chi connectivity index (χ2n) is 6.58. The molecule has 1 saturated carbocycles. The van der Waals surface area contributed by atoms with Gasteiger partial charge >= 0.3 is 6.18 Å². The molecule has 19 heavy (non-hydrogen) atoms. The lowest BCUT2D eigenvalue weighted by Gasteiger charge is -2.32. The van der Waals surface area contributed by atoms with Gasteiger partial charge in [-0.05, 0) is 24.7 Å². The van der Waals surface area contributed by atoms with Gasteiger partial charge in [-0.25, -0.2) is 0 Å². The Kier molecular flexibility index (Phi) is 3.78. The van der Waals surface area contributed by atoms with Crippen molar-refractivity contribution in [2.45, 2.75) is 44.3 Å². The van der Waals surface area contributed by atoms with Crippen LogP contribution in [0.1, 0.15) is 32.1 Å². The molecule has 3 rings (SSSR count). The SMILES string of the molecule is FC(F)(F)CN1CC2CN(C3CCCCC3)CC2C1. The third kappa shape index (κ3) is 3.24. The fraction of sp³-hybridized carbons (Fsp3) is 1.00. The van der Waals surface area contributed by atoms with E-state index < -0.39 is 12.7 Å². The number of hydrogen-bond acceptors (Lipinski definition) is 2. The van der Waals surface area contributed by atoms with Crippen LogP contribution < -0.4 is 0 Å². The molecule has 0 bridgehead atoms. The van der Waals surface area contributed by atoms with Crippen LogP contribution in [-0.2, 0) is 0 Å². The van der Waals surface area contributed by atoms with Crippen molar-refractivity contribution in [1.29, 1.82) is 0 Å². The Morgan fingerprint density at radius 3 is 1.95 bits per heavy atom. The first-order valence-corrected chi connectivity index (χ1v) is 7.54. The van der Waals surface area contributed by atoms with Crippen LogP contribution in [0.15, 0.2) is 0 Å². The maximum atomic E-state index is 12.4. The lowest BCUT2D eigenvalue weighted by molar-refractivity contribution is -0.144. The van der Waals surface area contributed by atoms with E-state index in [0.717, 1.165) is 19.1 Å². The van der Waals surface area contributed by atoms with Gasteiger partial charge < -0.3 is 0 Å². The summed E-state index contributed by atoms with van der Waals surface area (Å²) >= 11 is 0. The lowest BCUT2D eigenvalue weighted by Crippen LogP contribution is -2.39. The van der Waals surface area contributed by atoms with Gasteiger partial charge in [0.1, 0.15) is 0 Å². The summed E-state index contributed by atoms with van der Waals surface area (Å²) in [4.78, 5) is 4.17. The van der Waals surface area contributed by atoms with Crippen molar-refractivity contribution in [3.63, 3.8) is 0 Å². The number of rotatable bonds is 2. The number of nitrogens with zero attached hydrogens (tertiary/aromatic N) is 2. The van der Waals surface area contributed by atoms with Gasteiger partial charge in [-0.15, -0.1) is 0 Å². The van der Waals surface area contributed by atoms with Gasteiger partial charge in [-0.2, -0.15) is 13.2 Å². The molecule has 0 spiro atoms. The fourth-order valence-electron chi connectivity index (χ4n) is 4.25. The Labute approximate surface area is 112 Å². The van der Waals surface area contributed by atoms with Crippen molar-refractivity contribution in [1.82, 2.24) is 9.80 Å². The summed E-state index contributed by atoms with van der Waals surface area (Å²) in [6.07, 6.45) is 2.57. The van der Waals surface area contributed by atoms with E-state index in [-0.39, 0.29) is 0 Å². The molecule has 0 aromatic rings.